The van der Waals surface area contributed by atoms with E-state index in [-0.39, 0.29) is 11.8 Å². The zero-order valence-electron chi connectivity index (χ0n) is 15.3. The Morgan fingerprint density at radius 1 is 0.893 bits per heavy atom. The Kier molecular flexibility index (Phi) is 6.22. The third kappa shape index (κ3) is 4.65. The summed E-state index contributed by atoms with van der Waals surface area (Å²) in [6.07, 6.45) is 4.30. The minimum atomic E-state index is -0.988. The first-order valence-electron chi connectivity index (χ1n) is 9.16. The number of rotatable bonds is 6. The second-order valence-electron chi connectivity index (χ2n) is 6.70. The molecule has 0 saturated carbocycles. The topological polar surface area (TPSA) is 95.5 Å². The van der Waals surface area contributed by atoms with Crippen molar-refractivity contribution >= 4 is 23.5 Å². The van der Waals surface area contributed by atoms with E-state index < -0.39 is 17.8 Å². The number of para-hydroxylation sites is 1. The zero-order chi connectivity index (χ0) is 19.9. The largest absolute Gasteiger partial charge is 0.481 e. The molecular weight excluding hydrogens is 356 g/mol. The third-order valence-electron chi connectivity index (χ3n) is 4.81. The Labute approximate surface area is 163 Å². The highest BCUT2D eigenvalue weighted by atomic mass is 16.4. The quantitative estimate of drug-likeness (QED) is 0.673. The van der Waals surface area contributed by atoms with Crippen LogP contribution in [0.1, 0.15) is 28.8 Å². The van der Waals surface area contributed by atoms with Crippen LogP contribution in [0.3, 0.4) is 0 Å². The number of nitrogens with one attached hydrogen (secondary N) is 2. The van der Waals surface area contributed by atoms with Gasteiger partial charge >= 0.3 is 5.97 Å². The van der Waals surface area contributed by atoms with Crippen LogP contribution in [0.4, 0.5) is 5.69 Å². The van der Waals surface area contributed by atoms with Gasteiger partial charge in [-0.25, -0.2) is 0 Å². The van der Waals surface area contributed by atoms with Gasteiger partial charge in [-0.3, -0.25) is 14.4 Å². The lowest BCUT2D eigenvalue weighted by atomic mass is 9.82. The van der Waals surface area contributed by atoms with Crippen LogP contribution in [0.2, 0.25) is 0 Å². The molecule has 2 atom stereocenters. The maximum Gasteiger partial charge on any atom is 0.307 e. The lowest BCUT2D eigenvalue weighted by molar-refractivity contribution is -0.146. The molecule has 144 valence electrons. The molecule has 0 aromatic heterocycles. The van der Waals surface area contributed by atoms with Gasteiger partial charge in [0, 0.05) is 6.54 Å². The molecule has 6 heteroatoms. The first-order valence-corrected chi connectivity index (χ1v) is 9.16. The summed E-state index contributed by atoms with van der Waals surface area (Å²) in [6.45, 7) is 0.371. The number of aliphatic carboxylic acids is 1. The average molecular weight is 378 g/mol. The first kappa shape index (κ1) is 19.4. The van der Waals surface area contributed by atoms with Crippen molar-refractivity contribution in [2.75, 3.05) is 5.32 Å². The predicted molar refractivity (Wildman–Crippen MR) is 106 cm³/mol. The van der Waals surface area contributed by atoms with Crippen molar-refractivity contribution in [2.24, 2.45) is 11.8 Å². The summed E-state index contributed by atoms with van der Waals surface area (Å²) in [5, 5.41) is 15.0. The fourth-order valence-corrected chi connectivity index (χ4v) is 3.27. The van der Waals surface area contributed by atoms with Crippen molar-refractivity contribution in [3.63, 3.8) is 0 Å². The number of carbonyl (C=O) groups is 3. The zero-order valence-corrected chi connectivity index (χ0v) is 15.3. The van der Waals surface area contributed by atoms with Crippen molar-refractivity contribution in [1.82, 2.24) is 5.32 Å². The third-order valence-corrected chi connectivity index (χ3v) is 4.81. The van der Waals surface area contributed by atoms with E-state index in [1.807, 2.05) is 36.4 Å². The SMILES string of the molecule is O=C(NCc1ccccc1)c1ccccc1NC(=O)[C@H]1CC=CC[C@H]1C(=O)O. The summed E-state index contributed by atoms with van der Waals surface area (Å²) in [7, 11) is 0. The van der Waals surface area contributed by atoms with Crippen molar-refractivity contribution in [2.45, 2.75) is 19.4 Å². The molecule has 2 aromatic rings. The van der Waals surface area contributed by atoms with Crippen LogP contribution < -0.4 is 10.6 Å². The van der Waals surface area contributed by atoms with E-state index in [9.17, 15) is 19.5 Å². The summed E-state index contributed by atoms with van der Waals surface area (Å²) in [4.78, 5) is 36.7. The van der Waals surface area contributed by atoms with Gasteiger partial charge in [-0.15, -0.1) is 0 Å². The van der Waals surface area contributed by atoms with Gasteiger partial charge in [0.25, 0.3) is 5.91 Å². The van der Waals surface area contributed by atoms with Gasteiger partial charge in [-0.05, 0) is 30.5 Å². The van der Waals surface area contributed by atoms with E-state index in [1.54, 1.807) is 30.3 Å². The number of hydrogen-bond acceptors (Lipinski definition) is 3. The summed E-state index contributed by atoms with van der Waals surface area (Å²) >= 11 is 0. The van der Waals surface area contributed by atoms with Gasteiger partial charge in [-0.1, -0.05) is 54.6 Å². The average Bonchev–Trinajstić information content (AvgIpc) is 2.73. The highest BCUT2D eigenvalue weighted by molar-refractivity contribution is 6.04. The molecule has 28 heavy (non-hydrogen) atoms. The van der Waals surface area contributed by atoms with Gasteiger partial charge in [0.2, 0.25) is 5.91 Å². The van der Waals surface area contributed by atoms with E-state index in [2.05, 4.69) is 10.6 Å². The van der Waals surface area contributed by atoms with Gasteiger partial charge in [0.05, 0.1) is 23.1 Å². The molecule has 0 heterocycles. The molecule has 2 aromatic carbocycles. The highest BCUT2D eigenvalue weighted by Gasteiger charge is 2.34. The van der Waals surface area contributed by atoms with Crippen molar-refractivity contribution in [3.8, 4) is 0 Å². The van der Waals surface area contributed by atoms with E-state index in [4.69, 9.17) is 0 Å². The monoisotopic (exact) mass is 378 g/mol. The Morgan fingerprint density at radius 2 is 1.54 bits per heavy atom. The molecule has 1 aliphatic rings. The van der Waals surface area contributed by atoms with E-state index in [1.165, 1.54) is 0 Å². The van der Waals surface area contributed by atoms with E-state index in [0.717, 1.165) is 5.56 Å². The number of benzene rings is 2. The number of carbonyl (C=O) groups excluding carboxylic acids is 2. The molecule has 1 aliphatic carbocycles. The second kappa shape index (κ2) is 8.99. The normalized spacial score (nSPS) is 18.3. The second-order valence-corrected chi connectivity index (χ2v) is 6.70. The molecule has 0 aliphatic heterocycles. The van der Waals surface area contributed by atoms with Crippen molar-refractivity contribution in [1.29, 1.82) is 0 Å². The van der Waals surface area contributed by atoms with Crippen LogP contribution >= 0.6 is 0 Å². The molecule has 3 rings (SSSR count). The number of amides is 2. The van der Waals surface area contributed by atoms with E-state index in [0.29, 0.717) is 30.6 Å². The first-order chi connectivity index (χ1) is 13.6. The summed E-state index contributed by atoms with van der Waals surface area (Å²) in [5.41, 5.74) is 1.68. The molecule has 0 spiro atoms. The van der Waals surface area contributed by atoms with E-state index >= 15 is 0 Å². The molecule has 3 N–H and O–H groups in total. The van der Waals surface area contributed by atoms with Crippen LogP contribution in [-0.2, 0) is 16.1 Å². The number of carboxylic acid groups (broad SMARTS) is 1. The standard InChI is InChI=1S/C22H22N2O4/c25-20(23-14-15-8-2-1-3-9-15)18-12-6-7-13-19(18)24-21(26)16-10-4-5-11-17(16)22(27)28/h1-9,12-13,16-17H,10-11,14H2,(H,23,25)(H,24,26)(H,27,28)/t16-,17+/m0/s1. The number of hydrogen-bond donors (Lipinski definition) is 3. The molecule has 0 bridgehead atoms. The van der Waals surface area contributed by atoms with Gasteiger partial charge < -0.3 is 15.7 Å². The minimum absolute atomic E-state index is 0.307. The Morgan fingerprint density at radius 3 is 2.25 bits per heavy atom. The molecule has 2 amide bonds. The number of allylic oxidation sites excluding steroid dienone is 2. The molecule has 6 nitrogen and oxygen atoms in total. The minimum Gasteiger partial charge on any atom is -0.481 e. The lowest BCUT2D eigenvalue weighted by Crippen LogP contribution is -2.35. The van der Waals surface area contributed by atoms with Gasteiger partial charge in [-0.2, -0.15) is 0 Å². The van der Waals surface area contributed by atoms with Crippen LogP contribution in [-0.4, -0.2) is 22.9 Å². The summed E-state index contributed by atoms with van der Waals surface area (Å²) in [5.74, 6) is -3.11. The van der Waals surface area contributed by atoms with Gasteiger partial charge in [0.1, 0.15) is 0 Å². The van der Waals surface area contributed by atoms with Crippen LogP contribution in [0.15, 0.2) is 66.7 Å². The molecule has 0 unspecified atom stereocenters. The Bertz CT molecular complexity index is 892. The predicted octanol–water partition coefficient (Wildman–Crippen LogP) is 3.22. The van der Waals surface area contributed by atoms with Crippen LogP contribution in [0.25, 0.3) is 0 Å². The summed E-state index contributed by atoms with van der Waals surface area (Å²) < 4.78 is 0. The molecule has 0 saturated heterocycles. The molecular formula is C22H22N2O4. The van der Waals surface area contributed by atoms with Crippen LogP contribution in [0.5, 0.6) is 0 Å². The Hall–Kier alpha value is -3.41. The maximum absolute atomic E-state index is 12.7. The van der Waals surface area contributed by atoms with Gasteiger partial charge in [0.15, 0.2) is 0 Å². The number of carboxylic acids is 1. The Balaban J connectivity index is 1.71. The lowest BCUT2D eigenvalue weighted by Gasteiger charge is -2.24. The molecule has 0 radical (unpaired) electrons. The van der Waals surface area contributed by atoms with Crippen molar-refractivity contribution < 1.29 is 19.5 Å². The highest BCUT2D eigenvalue weighted by Crippen LogP contribution is 2.28. The fourth-order valence-electron chi connectivity index (χ4n) is 3.27. The maximum atomic E-state index is 12.7. The summed E-state index contributed by atoms with van der Waals surface area (Å²) in [6, 6.07) is 16.2. The smallest absolute Gasteiger partial charge is 0.307 e. The van der Waals surface area contributed by atoms with Crippen LogP contribution in [0, 0.1) is 11.8 Å². The molecule has 0 fully saturated rings. The van der Waals surface area contributed by atoms with Crippen molar-refractivity contribution in [3.05, 3.63) is 77.9 Å². The number of anilines is 1. The fraction of sp³-hybridized carbons (Fsp3) is 0.227.